The minimum Gasteiger partial charge on any atom is -0.387 e. The van der Waals surface area contributed by atoms with E-state index in [1.54, 1.807) is 0 Å². The summed E-state index contributed by atoms with van der Waals surface area (Å²) in [4.78, 5) is 59.7. The normalized spacial score (nSPS) is 28.3. The first-order valence-corrected chi connectivity index (χ1v) is 11.6. The Morgan fingerprint density at radius 2 is 1.67 bits per heavy atom. The van der Waals surface area contributed by atoms with Crippen molar-refractivity contribution in [2.75, 3.05) is 6.61 Å². The van der Waals surface area contributed by atoms with E-state index in [0.29, 0.717) is 10.9 Å². The molecule has 0 spiro atoms. The fourth-order valence-corrected chi connectivity index (χ4v) is 5.11. The maximum absolute atomic E-state index is 11.7. The van der Waals surface area contributed by atoms with Gasteiger partial charge in [0, 0.05) is 0 Å². The SMILES string of the molecule is O=c1cnn(C2OC(COP(=O)(O)OP(=O)(O)OP(=O)(O)O)C(O)C2O)c(=O)[nH]1.[Na+]. The molecule has 30 heavy (non-hydrogen) atoms. The maximum atomic E-state index is 11.7. The van der Waals surface area contributed by atoms with Crippen LogP contribution in [0.2, 0.25) is 0 Å². The number of rotatable bonds is 8. The van der Waals surface area contributed by atoms with Crippen molar-refractivity contribution >= 4 is 23.5 Å². The molecule has 2 rings (SSSR count). The third-order valence-electron chi connectivity index (χ3n) is 3.13. The van der Waals surface area contributed by atoms with Crippen LogP contribution < -0.4 is 40.8 Å². The predicted octanol–water partition coefficient (Wildman–Crippen LogP) is -6.10. The van der Waals surface area contributed by atoms with Gasteiger partial charge in [-0.15, -0.1) is 0 Å². The van der Waals surface area contributed by atoms with Gasteiger partial charge in [-0.1, -0.05) is 0 Å². The van der Waals surface area contributed by atoms with Crippen molar-refractivity contribution in [3.05, 3.63) is 27.0 Å². The second-order valence-corrected chi connectivity index (χ2v) is 9.74. The number of aliphatic hydroxyl groups excluding tert-OH is 2. The van der Waals surface area contributed by atoms with E-state index >= 15 is 0 Å². The molecule has 22 heteroatoms. The van der Waals surface area contributed by atoms with Crippen molar-refractivity contribution in [2.45, 2.75) is 24.5 Å². The van der Waals surface area contributed by atoms with Gasteiger partial charge in [0.15, 0.2) is 6.23 Å². The summed E-state index contributed by atoms with van der Waals surface area (Å²) in [5, 5.41) is 23.3. The van der Waals surface area contributed by atoms with Crippen LogP contribution in [0.1, 0.15) is 6.23 Å². The second kappa shape index (κ2) is 10.2. The molecule has 1 saturated heterocycles. The van der Waals surface area contributed by atoms with Gasteiger partial charge in [0.1, 0.15) is 24.5 Å². The van der Waals surface area contributed by atoms with Crippen molar-refractivity contribution in [3.63, 3.8) is 0 Å². The molecule has 1 aliphatic heterocycles. The topological polar surface area (TPSA) is 277 Å². The monoisotopic (exact) mass is 508 g/mol. The number of phosphoric acid groups is 3. The smallest absolute Gasteiger partial charge is 0.387 e. The van der Waals surface area contributed by atoms with Crippen LogP contribution in [0.15, 0.2) is 15.8 Å². The van der Waals surface area contributed by atoms with Crippen LogP contribution in [0.25, 0.3) is 0 Å². The molecule has 166 valence electrons. The minimum absolute atomic E-state index is 0. The molecule has 1 fully saturated rings. The van der Waals surface area contributed by atoms with E-state index in [1.807, 2.05) is 4.98 Å². The van der Waals surface area contributed by atoms with Crippen LogP contribution in [0.4, 0.5) is 0 Å². The summed E-state index contributed by atoms with van der Waals surface area (Å²) in [7, 11) is -16.8. The second-order valence-electron chi connectivity index (χ2n) is 5.32. The van der Waals surface area contributed by atoms with Crippen LogP contribution in [-0.4, -0.2) is 69.5 Å². The summed E-state index contributed by atoms with van der Waals surface area (Å²) in [6.07, 6.45) is -6.23. The van der Waals surface area contributed by atoms with Crippen molar-refractivity contribution in [3.8, 4) is 0 Å². The number of H-pyrrole nitrogens is 1. The molecule has 0 radical (unpaired) electrons. The summed E-state index contributed by atoms with van der Waals surface area (Å²) in [5.74, 6) is 0. The third kappa shape index (κ3) is 7.79. The number of ether oxygens (including phenoxy) is 1. The summed E-state index contributed by atoms with van der Waals surface area (Å²) in [5.41, 5.74) is -1.97. The number of nitrogens with zero attached hydrogens (tertiary/aromatic N) is 2. The van der Waals surface area contributed by atoms with Crippen LogP contribution in [0.3, 0.4) is 0 Å². The zero-order valence-electron chi connectivity index (χ0n) is 14.7. The van der Waals surface area contributed by atoms with Crippen molar-refractivity contribution in [1.82, 2.24) is 14.8 Å². The molecular formula is C8H14N3NaO15P3+. The molecule has 1 aromatic rings. The van der Waals surface area contributed by atoms with E-state index < -0.39 is 65.9 Å². The van der Waals surface area contributed by atoms with Crippen molar-refractivity contribution in [1.29, 1.82) is 0 Å². The van der Waals surface area contributed by atoms with Gasteiger partial charge >= 0.3 is 58.7 Å². The molecule has 18 nitrogen and oxygen atoms in total. The first kappa shape index (κ1) is 27.9. The molecule has 0 saturated carbocycles. The number of nitrogens with one attached hydrogen (secondary N) is 1. The minimum atomic E-state index is -5.74. The quantitative estimate of drug-likeness (QED) is 0.127. The Balaban J connectivity index is 0.00000450. The molecule has 0 aromatic carbocycles. The van der Waals surface area contributed by atoms with Gasteiger partial charge < -0.3 is 34.5 Å². The first-order chi connectivity index (χ1) is 13.1. The largest absolute Gasteiger partial charge is 1.00 e. The first-order valence-electron chi connectivity index (χ1n) is 7.08. The van der Waals surface area contributed by atoms with Gasteiger partial charge in [-0.25, -0.2) is 18.5 Å². The number of hydrogen-bond acceptors (Lipinski definition) is 12. The summed E-state index contributed by atoms with van der Waals surface area (Å²) >= 11 is 0. The number of aromatic amines is 1. The molecule has 0 bridgehead atoms. The van der Waals surface area contributed by atoms with E-state index in [4.69, 9.17) is 19.4 Å². The zero-order valence-corrected chi connectivity index (χ0v) is 19.4. The Labute approximate surface area is 187 Å². The molecule has 2 heterocycles. The fourth-order valence-electron chi connectivity index (χ4n) is 2.08. The van der Waals surface area contributed by atoms with Crippen LogP contribution in [0.5, 0.6) is 0 Å². The number of hydrogen-bond donors (Lipinski definition) is 7. The van der Waals surface area contributed by atoms with Gasteiger partial charge in [-0.3, -0.25) is 14.3 Å². The molecule has 6 atom stereocenters. The summed E-state index contributed by atoms with van der Waals surface area (Å²) < 4.78 is 50.2. The summed E-state index contributed by atoms with van der Waals surface area (Å²) in [6, 6.07) is 0. The van der Waals surface area contributed by atoms with Crippen LogP contribution >= 0.6 is 23.5 Å². The molecule has 1 aromatic heterocycles. The molecular weight excluding hydrogens is 494 g/mol. The van der Waals surface area contributed by atoms with E-state index in [2.05, 4.69) is 18.2 Å². The summed E-state index contributed by atoms with van der Waals surface area (Å²) in [6.45, 7) is -1.07. The number of aliphatic hydroxyl groups is 2. The van der Waals surface area contributed by atoms with Crippen molar-refractivity contribution in [2.24, 2.45) is 0 Å². The number of aromatic nitrogens is 3. The van der Waals surface area contributed by atoms with Crippen LogP contribution in [-0.2, 0) is 31.6 Å². The van der Waals surface area contributed by atoms with Gasteiger partial charge in [-0.2, -0.15) is 18.4 Å². The Kier molecular flexibility index (Phi) is 9.52. The van der Waals surface area contributed by atoms with E-state index in [0.717, 1.165) is 0 Å². The Hall–Kier alpha value is -0.100. The van der Waals surface area contributed by atoms with Gasteiger partial charge in [-0.05, 0) is 0 Å². The molecule has 0 aliphatic carbocycles. The standard InChI is InChI=1S/C8H14N3O15P3.Na/c12-4-1-9-11(8(15)10-4)7-6(14)5(13)3(24-7)2-23-28(19,20)26-29(21,22)25-27(16,17)18;/h1,3,5-7,13-14H,2H2,(H,19,20)(H,21,22)(H,10,12,15)(H2,16,17,18);/q;+1. The Morgan fingerprint density at radius 3 is 2.20 bits per heavy atom. The molecule has 6 unspecified atom stereocenters. The van der Waals surface area contributed by atoms with Crippen LogP contribution in [0, 0.1) is 0 Å². The Bertz CT molecular complexity index is 1010. The third-order valence-corrected chi connectivity index (χ3v) is 6.94. The van der Waals surface area contributed by atoms with Crippen molar-refractivity contribution < 1.29 is 90.9 Å². The average molecular weight is 508 g/mol. The van der Waals surface area contributed by atoms with Gasteiger partial charge in [0.05, 0.1) is 6.61 Å². The molecule has 0 amide bonds. The van der Waals surface area contributed by atoms with E-state index in [1.165, 1.54) is 0 Å². The number of phosphoric ester groups is 1. The van der Waals surface area contributed by atoms with Gasteiger partial charge in [0.25, 0.3) is 5.56 Å². The Morgan fingerprint density at radius 1 is 1.07 bits per heavy atom. The van der Waals surface area contributed by atoms with E-state index in [-0.39, 0.29) is 29.6 Å². The maximum Gasteiger partial charge on any atom is 1.00 e. The zero-order chi connectivity index (χ0) is 22.2. The predicted molar refractivity (Wildman–Crippen MR) is 84.9 cm³/mol. The fraction of sp³-hybridized carbons (Fsp3) is 0.625. The molecule has 7 N–H and O–H groups in total. The average Bonchev–Trinajstić information content (AvgIpc) is 2.78. The molecule has 1 aliphatic rings. The van der Waals surface area contributed by atoms with E-state index in [9.17, 15) is 38.4 Å². The van der Waals surface area contributed by atoms with Gasteiger partial charge in [0.2, 0.25) is 0 Å².